The molecule has 0 aliphatic carbocycles. The van der Waals surface area contributed by atoms with Gasteiger partial charge >= 0.3 is 0 Å². The van der Waals surface area contributed by atoms with E-state index in [1.165, 1.54) is 18.2 Å². The summed E-state index contributed by atoms with van der Waals surface area (Å²) in [4.78, 5) is 36.9. The first-order valence-electron chi connectivity index (χ1n) is 8.38. The first-order valence-corrected chi connectivity index (χ1v) is 8.76. The number of amides is 2. The number of hydrogen-bond donors (Lipinski definition) is 1. The summed E-state index contributed by atoms with van der Waals surface area (Å²) in [6, 6.07) is 9.89. The van der Waals surface area contributed by atoms with Crippen molar-refractivity contribution in [3.63, 3.8) is 0 Å². The molecule has 0 aromatic heterocycles. The van der Waals surface area contributed by atoms with Crippen LogP contribution in [0.3, 0.4) is 0 Å². The first kappa shape index (κ1) is 18.8. The largest absolute Gasteiger partial charge is 0.326 e. The smallest absolute Gasteiger partial charge is 0.289 e. The second-order valence-corrected chi connectivity index (χ2v) is 7.07. The topological polar surface area (TPSA) is 92.6 Å². The molecule has 1 fully saturated rings. The molecular formula is C19H18ClN3O4. The Balaban J connectivity index is 1.74. The Morgan fingerprint density at radius 1 is 1.22 bits per heavy atom. The van der Waals surface area contributed by atoms with Gasteiger partial charge in [-0.3, -0.25) is 19.7 Å². The van der Waals surface area contributed by atoms with Crippen LogP contribution in [0.4, 0.5) is 17.1 Å². The summed E-state index contributed by atoms with van der Waals surface area (Å²) in [6.45, 7) is 4.17. The van der Waals surface area contributed by atoms with Crippen LogP contribution in [0.5, 0.6) is 0 Å². The molecule has 8 heteroatoms. The minimum absolute atomic E-state index is 0.00460. The van der Waals surface area contributed by atoms with Crippen LogP contribution < -0.4 is 10.2 Å². The predicted molar refractivity (Wildman–Crippen MR) is 103 cm³/mol. The van der Waals surface area contributed by atoms with Crippen LogP contribution in [0.25, 0.3) is 0 Å². The van der Waals surface area contributed by atoms with Gasteiger partial charge in [-0.15, -0.1) is 0 Å². The molecule has 0 spiro atoms. The van der Waals surface area contributed by atoms with E-state index in [4.69, 9.17) is 11.6 Å². The van der Waals surface area contributed by atoms with Crippen LogP contribution in [0, 0.1) is 29.9 Å². The molecule has 2 aromatic rings. The molecule has 7 nitrogen and oxygen atoms in total. The van der Waals surface area contributed by atoms with E-state index < -0.39 is 10.8 Å². The lowest BCUT2D eigenvalue weighted by Crippen LogP contribution is -2.28. The van der Waals surface area contributed by atoms with Crippen LogP contribution >= 0.6 is 11.6 Å². The van der Waals surface area contributed by atoms with Crippen molar-refractivity contribution < 1.29 is 14.5 Å². The highest BCUT2D eigenvalue weighted by molar-refractivity contribution is 6.32. The zero-order valence-electron chi connectivity index (χ0n) is 14.9. The van der Waals surface area contributed by atoms with Gasteiger partial charge in [-0.25, -0.2) is 0 Å². The van der Waals surface area contributed by atoms with Crippen molar-refractivity contribution in [3.8, 4) is 0 Å². The second-order valence-electron chi connectivity index (χ2n) is 6.66. The summed E-state index contributed by atoms with van der Waals surface area (Å²) in [6.07, 6.45) is 0.0918. The summed E-state index contributed by atoms with van der Waals surface area (Å²) < 4.78 is 0. The lowest BCUT2D eigenvalue weighted by molar-refractivity contribution is -0.384. The Morgan fingerprint density at radius 3 is 2.52 bits per heavy atom. The minimum Gasteiger partial charge on any atom is -0.326 e. The molecule has 3 rings (SSSR count). The summed E-state index contributed by atoms with van der Waals surface area (Å²) in [5.41, 5.74) is 2.84. The molecule has 1 aliphatic rings. The van der Waals surface area contributed by atoms with Gasteiger partial charge in [0.15, 0.2) is 0 Å². The van der Waals surface area contributed by atoms with Gasteiger partial charge in [0.25, 0.3) is 5.69 Å². The molecule has 1 saturated heterocycles. The van der Waals surface area contributed by atoms with Crippen LogP contribution in [-0.4, -0.2) is 23.3 Å². The Bertz CT molecular complexity index is 924. The molecule has 0 bridgehead atoms. The Labute approximate surface area is 161 Å². The van der Waals surface area contributed by atoms with Gasteiger partial charge in [-0.1, -0.05) is 17.7 Å². The number of nitrogens with zero attached hydrogens (tertiary/aromatic N) is 2. The van der Waals surface area contributed by atoms with Gasteiger partial charge < -0.3 is 10.2 Å². The van der Waals surface area contributed by atoms with Gasteiger partial charge in [0.2, 0.25) is 11.8 Å². The monoisotopic (exact) mass is 387 g/mol. The van der Waals surface area contributed by atoms with Gasteiger partial charge in [0.1, 0.15) is 5.02 Å². The van der Waals surface area contributed by atoms with E-state index >= 15 is 0 Å². The fraction of sp³-hybridized carbons (Fsp3) is 0.263. The van der Waals surface area contributed by atoms with Crippen molar-refractivity contribution in [2.24, 2.45) is 5.92 Å². The zero-order valence-corrected chi connectivity index (χ0v) is 15.6. The van der Waals surface area contributed by atoms with Crippen molar-refractivity contribution in [3.05, 3.63) is 62.7 Å². The number of anilines is 2. The van der Waals surface area contributed by atoms with Crippen molar-refractivity contribution in [2.45, 2.75) is 20.3 Å². The van der Waals surface area contributed by atoms with Gasteiger partial charge in [-0.05, 0) is 49.2 Å². The molecule has 140 valence electrons. The molecule has 1 heterocycles. The molecule has 0 saturated carbocycles. The second kappa shape index (κ2) is 7.36. The predicted octanol–water partition coefficient (Wildman–Crippen LogP) is 3.86. The molecule has 2 aromatic carbocycles. The summed E-state index contributed by atoms with van der Waals surface area (Å²) >= 11 is 5.78. The third-order valence-electron chi connectivity index (χ3n) is 4.42. The minimum atomic E-state index is -0.612. The number of nitro benzene ring substituents is 1. The molecule has 1 aliphatic heterocycles. The Hall–Kier alpha value is -2.93. The summed E-state index contributed by atoms with van der Waals surface area (Å²) in [5, 5.41) is 13.6. The van der Waals surface area contributed by atoms with E-state index in [-0.39, 0.29) is 41.2 Å². The highest BCUT2D eigenvalue weighted by Gasteiger charge is 2.35. The molecule has 0 radical (unpaired) electrons. The zero-order chi connectivity index (χ0) is 19.7. The highest BCUT2D eigenvalue weighted by Crippen LogP contribution is 2.30. The third kappa shape index (κ3) is 4.09. The quantitative estimate of drug-likeness (QED) is 0.636. The standard InChI is InChI=1S/C19H18ClN3O4/c1-11-5-12(2)7-15(6-11)22-10-13(8-18(22)24)19(25)21-14-3-4-16(20)17(9-14)23(26)27/h3-7,9,13H,8,10H2,1-2H3,(H,21,25). The molecule has 1 N–H and O–H groups in total. The number of carbonyl (C=O) groups excluding carboxylic acids is 2. The van der Waals surface area contributed by atoms with Gasteiger partial charge in [0, 0.05) is 30.4 Å². The van der Waals surface area contributed by atoms with Crippen LogP contribution in [0.15, 0.2) is 36.4 Å². The molecular weight excluding hydrogens is 370 g/mol. The van der Waals surface area contributed by atoms with E-state index in [2.05, 4.69) is 5.32 Å². The van der Waals surface area contributed by atoms with Crippen LogP contribution in [0.1, 0.15) is 17.5 Å². The fourth-order valence-corrected chi connectivity index (χ4v) is 3.40. The van der Waals surface area contributed by atoms with E-state index in [0.717, 1.165) is 16.8 Å². The highest BCUT2D eigenvalue weighted by atomic mass is 35.5. The molecule has 1 atom stereocenters. The van der Waals surface area contributed by atoms with Crippen molar-refractivity contribution in [2.75, 3.05) is 16.8 Å². The number of benzene rings is 2. The van der Waals surface area contributed by atoms with Gasteiger partial charge in [0.05, 0.1) is 10.8 Å². The van der Waals surface area contributed by atoms with Gasteiger partial charge in [-0.2, -0.15) is 0 Å². The Kier molecular flexibility index (Phi) is 5.14. The molecule has 2 amide bonds. The van der Waals surface area contributed by atoms with Crippen LogP contribution in [0.2, 0.25) is 5.02 Å². The molecule has 1 unspecified atom stereocenters. The molecule has 27 heavy (non-hydrogen) atoms. The average Bonchev–Trinajstić information content (AvgIpc) is 2.97. The third-order valence-corrected chi connectivity index (χ3v) is 4.74. The van der Waals surface area contributed by atoms with E-state index in [1.807, 2.05) is 32.0 Å². The maximum atomic E-state index is 12.5. The number of nitrogens with one attached hydrogen (secondary N) is 1. The SMILES string of the molecule is Cc1cc(C)cc(N2CC(C(=O)Nc3ccc(Cl)c([N+](=O)[O-])c3)CC2=O)c1. The van der Waals surface area contributed by atoms with E-state index in [1.54, 1.807) is 4.90 Å². The van der Waals surface area contributed by atoms with E-state index in [0.29, 0.717) is 0 Å². The number of rotatable bonds is 4. The van der Waals surface area contributed by atoms with Crippen molar-refractivity contribution >= 4 is 40.5 Å². The number of hydrogen-bond acceptors (Lipinski definition) is 4. The maximum Gasteiger partial charge on any atom is 0.289 e. The summed E-state index contributed by atoms with van der Waals surface area (Å²) in [5.74, 6) is -1.01. The average molecular weight is 388 g/mol. The lowest BCUT2D eigenvalue weighted by Gasteiger charge is -2.18. The number of aryl methyl sites for hydroxylation is 2. The first-order chi connectivity index (χ1) is 12.7. The number of nitro groups is 1. The van der Waals surface area contributed by atoms with Crippen LogP contribution in [-0.2, 0) is 9.59 Å². The Morgan fingerprint density at radius 2 is 1.89 bits per heavy atom. The fourth-order valence-electron chi connectivity index (χ4n) is 3.21. The van der Waals surface area contributed by atoms with Crippen molar-refractivity contribution in [1.82, 2.24) is 0 Å². The summed E-state index contributed by atoms with van der Waals surface area (Å²) in [7, 11) is 0. The van der Waals surface area contributed by atoms with E-state index in [9.17, 15) is 19.7 Å². The normalized spacial score (nSPS) is 16.5. The lowest BCUT2D eigenvalue weighted by atomic mass is 10.1. The van der Waals surface area contributed by atoms with Crippen molar-refractivity contribution in [1.29, 1.82) is 0 Å². The maximum absolute atomic E-state index is 12.5. The number of carbonyl (C=O) groups is 2. The number of halogens is 1.